The second-order valence-electron chi connectivity index (χ2n) is 4.42. The highest BCUT2D eigenvalue weighted by atomic mass is 79.9. The molecule has 0 aliphatic heterocycles. The summed E-state index contributed by atoms with van der Waals surface area (Å²) in [6.45, 7) is 1.95. The lowest BCUT2D eigenvalue weighted by Gasteiger charge is -2.15. The number of hydrogen-bond donors (Lipinski definition) is 1. The quantitative estimate of drug-likeness (QED) is 0.905. The number of carbonyl (C=O) groups is 1. The van der Waals surface area contributed by atoms with Gasteiger partial charge in [-0.25, -0.2) is 0 Å². The Hall–Kier alpha value is -1.81. The third-order valence-corrected chi connectivity index (χ3v) is 3.53. The molecule has 0 heterocycles. The molecule has 0 bridgehead atoms. The highest BCUT2D eigenvalue weighted by molar-refractivity contribution is 9.10. The molecule has 4 heteroatoms. The summed E-state index contributed by atoms with van der Waals surface area (Å²) in [4.78, 5) is 11.9. The lowest BCUT2D eigenvalue weighted by Crippen LogP contribution is -2.31. The largest absolute Gasteiger partial charge is 0.483 e. The molecule has 104 valence electrons. The number of ether oxygens (including phenoxy) is 1. The van der Waals surface area contributed by atoms with E-state index in [1.54, 1.807) is 0 Å². The zero-order valence-electron chi connectivity index (χ0n) is 11.2. The lowest BCUT2D eigenvalue weighted by molar-refractivity contribution is -0.123. The number of rotatable bonds is 5. The topological polar surface area (TPSA) is 38.3 Å². The molecule has 0 fully saturated rings. The zero-order valence-corrected chi connectivity index (χ0v) is 12.8. The number of para-hydroxylation sites is 1. The molecule has 0 saturated heterocycles. The van der Waals surface area contributed by atoms with Crippen molar-refractivity contribution >= 4 is 21.8 Å². The van der Waals surface area contributed by atoms with Crippen molar-refractivity contribution in [3.05, 3.63) is 64.6 Å². The molecule has 3 nitrogen and oxygen atoms in total. The maximum absolute atomic E-state index is 11.9. The smallest absolute Gasteiger partial charge is 0.258 e. The summed E-state index contributed by atoms with van der Waals surface area (Å²) in [5, 5.41) is 2.91. The minimum absolute atomic E-state index is 0.000211. The molecule has 1 amide bonds. The monoisotopic (exact) mass is 333 g/mol. The lowest BCUT2D eigenvalue weighted by atomic mass is 10.1. The molecule has 2 aromatic rings. The Morgan fingerprint density at radius 2 is 1.80 bits per heavy atom. The van der Waals surface area contributed by atoms with Gasteiger partial charge in [-0.05, 0) is 40.5 Å². The van der Waals surface area contributed by atoms with Crippen LogP contribution in [0.2, 0.25) is 0 Å². The maximum atomic E-state index is 11.9. The van der Waals surface area contributed by atoms with E-state index in [9.17, 15) is 4.79 Å². The van der Waals surface area contributed by atoms with E-state index < -0.39 is 0 Å². The summed E-state index contributed by atoms with van der Waals surface area (Å²) in [5.74, 6) is 0.520. The number of nitrogens with one attached hydrogen (secondary N) is 1. The first-order valence-corrected chi connectivity index (χ1v) is 7.18. The van der Waals surface area contributed by atoms with Crippen LogP contribution in [-0.2, 0) is 4.79 Å². The van der Waals surface area contributed by atoms with Crippen LogP contribution < -0.4 is 10.1 Å². The van der Waals surface area contributed by atoms with Gasteiger partial charge in [-0.3, -0.25) is 4.79 Å². The van der Waals surface area contributed by atoms with E-state index in [1.165, 1.54) is 0 Å². The van der Waals surface area contributed by atoms with Crippen LogP contribution >= 0.6 is 15.9 Å². The summed E-state index contributed by atoms with van der Waals surface area (Å²) in [6, 6.07) is 17.3. The zero-order chi connectivity index (χ0) is 14.4. The summed E-state index contributed by atoms with van der Waals surface area (Å²) >= 11 is 3.38. The van der Waals surface area contributed by atoms with Crippen LogP contribution in [0.25, 0.3) is 0 Å². The van der Waals surface area contributed by atoms with Crippen LogP contribution in [0.5, 0.6) is 5.75 Å². The van der Waals surface area contributed by atoms with Crippen molar-refractivity contribution in [2.24, 2.45) is 0 Å². The normalized spacial score (nSPS) is 11.7. The summed E-state index contributed by atoms with van der Waals surface area (Å²) in [7, 11) is 0. The Morgan fingerprint density at radius 1 is 1.15 bits per heavy atom. The molecular formula is C16H16BrNO2. The standard InChI is InChI=1S/C16H16BrNO2/c1-12(13-7-3-2-4-8-13)18-16(19)11-20-15-10-6-5-9-14(15)17/h2-10,12H,11H2,1H3,(H,18,19)/t12-/m1/s1. The highest BCUT2D eigenvalue weighted by Gasteiger charge is 2.10. The molecule has 0 unspecified atom stereocenters. The van der Waals surface area contributed by atoms with Gasteiger partial charge in [0.05, 0.1) is 10.5 Å². The van der Waals surface area contributed by atoms with E-state index in [1.807, 2.05) is 61.5 Å². The predicted octanol–water partition coefficient (Wildman–Crippen LogP) is 3.71. The third kappa shape index (κ3) is 4.10. The van der Waals surface area contributed by atoms with Crippen molar-refractivity contribution in [2.75, 3.05) is 6.61 Å². The summed E-state index contributed by atoms with van der Waals surface area (Å²) < 4.78 is 6.31. The SMILES string of the molecule is C[C@@H](NC(=O)COc1ccccc1Br)c1ccccc1. The molecule has 0 aliphatic rings. The minimum atomic E-state index is -0.142. The van der Waals surface area contributed by atoms with Gasteiger partial charge >= 0.3 is 0 Å². The van der Waals surface area contributed by atoms with Crippen molar-refractivity contribution in [2.45, 2.75) is 13.0 Å². The van der Waals surface area contributed by atoms with Crippen molar-refractivity contribution in [3.63, 3.8) is 0 Å². The summed E-state index contributed by atoms with van der Waals surface area (Å²) in [6.07, 6.45) is 0. The number of benzene rings is 2. The third-order valence-electron chi connectivity index (χ3n) is 2.87. The predicted molar refractivity (Wildman–Crippen MR) is 82.6 cm³/mol. The fourth-order valence-electron chi connectivity index (χ4n) is 1.81. The molecule has 2 aromatic carbocycles. The van der Waals surface area contributed by atoms with Crippen LogP contribution in [0, 0.1) is 0 Å². The number of halogens is 1. The van der Waals surface area contributed by atoms with E-state index in [-0.39, 0.29) is 18.6 Å². The van der Waals surface area contributed by atoms with Crippen molar-refractivity contribution in [3.8, 4) is 5.75 Å². The second-order valence-corrected chi connectivity index (χ2v) is 5.27. The van der Waals surface area contributed by atoms with Crippen LogP contribution in [0.15, 0.2) is 59.1 Å². The molecule has 20 heavy (non-hydrogen) atoms. The average molecular weight is 334 g/mol. The maximum Gasteiger partial charge on any atom is 0.258 e. The van der Waals surface area contributed by atoms with E-state index in [2.05, 4.69) is 21.2 Å². The number of amides is 1. The van der Waals surface area contributed by atoms with Crippen molar-refractivity contribution < 1.29 is 9.53 Å². The highest BCUT2D eigenvalue weighted by Crippen LogP contribution is 2.23. The van der Waals surface area contributed by atoms with Gasteiger partial charge in [-0.2, -0.15) is 0 Å². The van der Waals surface area contributed by atoms with Gasteiger partial charge in [-0.1, -0.05) is 42.5 Å². The van der Waals surface area contributed by atoms with E-state index in [0.717, 1.165) is 10.0 Å². The minimum Gasteiger partial charge on any atom is -0.483 e. The van der Waals surface area contributed by atoms with Crippen LogP contribution in [-0.4, -0.2) is 12.5 Å². The first-order chi connectivity index (χ1) is 9.66. The Kier molecular flexibility index (Phi) is 5.18. The fourth-order valence-corrected chi connectivity index (χ4v) is 2.21. The Balaban J connectivity index is 1.86. The first-order valence-electron chi connectivity index (χ1n) is 6.38. The van der Waals surface area contributed by atoms with Gasteiger partial charge in [0.1, 0.15) is 5.75 Å². The van der Waals surface area contributed by atoms with Gasteiger partial charge < -0.3 is 10.1 Å². The van der Waals surface area contributed by atoms with Gasteiger partial charge in [0, 0.05) is 0 Å². The molecule has 0 spiro atoms. The Morgan fingerprint density at radius 3 is 2.50 bits per heavy atom. The summed E-state index contributed by atoms with van der Waals surface area (Å²) in [5.41, 5.74) is 1.07. The van der Waals surface area contributed by atoms with Crippen LogP contribution in [0.3, 0.4) is 0 Å². The van der Waals surface area contributed by atoms with Crippen LogP contribution in [0.4, 0.5) is 0 Å². The molecule has 0 aliphatic carbocycles. The molecule has 1 N–H and O–H groups in total. The van der Waals surface area contributed by atoms with Gasteiger partial charge in [0.25, 0.3) is 5.91 Å². The molecule has 2 rings (SSSR count). The van der Waals surface area contributed by atoms with Crippen molar-refractivity contribution in [1.82, 2.24) is 5.32 Å². The molecule has 0 saturated carbocycles. The van der Waals surface area contributed by atoms with E-state index in [4.69, 9.17) is 4.74 Å². The number of hydrogen-bond acceptors (Lipinski definition) is 2. The van der Waals surface area contributed by atoms with E-state index >= 15 is 0 Å². The second kappa shape index (κ2) is 7.10. The average Bonchev–Trinajstić information content (AvgIpc) is 2.47. The van der Waals surface area contributed by atoms with E-state index in [0.29, 0.717) is 5.75 Å². The Labute approximate surface area is 127 Å². The Bertz CT molecular complexity index is 572. The van der Waals surface area contributed by atoms with Gasteiger partial charge in [-0.15, -0.1) is 0 Å². The van der Waals surface area contributed by atoms with Crippen molar-refractivity contribution in [1.29, 1.82) is 0 Å². The van der Waals surface area contributed by atoms with Gasteiger partial charge in [0.15, 0.2) is 6.61 Å². The van der Waals surface area contributed by atoms with Gasteiger partial charge in [0.2, 0.25) is 0 Å². The molecule has 0 aromatic heterocycles. The molecule has 1 atom stereocenters. The first kappa shape index (κ1) is 14.6. The van der Waals surface area contributed by atoms with Crippen LogP contribution in [0.1, 0.15) is 18.5 Å². The fraction of sp³-hybridized carbons (Fsp3) is 0.188. The number of carbonyl (C=O) groups excluding carboxylic acids is 1. The molecule has 0 radical (unpaired) electrons. The molecular weight excluding hydrogens is 318 g/mol.